The predicted molar refractivity (Wildman–Crippen MR) is 82.1 cm³/mol. The molecule has 1 heterocycles. The number of nitrogens with two attached hydrogens (primary N) is 1. The minimum absolute atomic E-state index is 0.775. The van der Waals surface area contributed by atoms with E-state index in [-0.39, 0.29) is 0 Å². The quantitative estimate of drug-likeness (QED) is 0.827. The lowest BCUT2D eigenvalue weighted by Gasteiger charge is -2.33. The Labute approximate surface area is 117 Å². The van der Waals surface area contributed by atoms with Crippen LogP contribution < -0.4 is 5.73 Å². The molecule has 0 aliphatic carbocycles. The van der Waals surface area contributed by atoms with Gasteiger partial charge in [-0.15, -0.1) is 0 Å². The van der Waals surface area contributed by atoms with Crippen LogP contribution in [0.1, 0.15) is 31.2 Å². The van der Waals surface area contributed by atoms with Crippen LogP contribution >= 0.6 is 0 Å². The Morgan fingerprint density at radius 2 is 2.21 bits per heavy atom. The molecule has 1 aliphatic rings. The molecule has 0 amide bonds. The van der Waals surface area contributed by atoms with Gasteiger partial charge in [0, 0.05) is 18.3 Å². The van der Waals surface area contributed by atoms with Crippen molar-refractivity contribution in [2.24, 2.45) is 0 Å². The van der Waals surface area contributed by atoms with Crippen molar-refractivity contribution < 1.29 is 0 Å². The Morgan fingerprint density at radius 1 is 1.37 bits per heavy atom. The highest BCUT2D eigenvalue weighted by Gasteiger charge is 2.18. The van der Waals surface area contributed by atoms with Gasteiger partial charge in [-0.3, -0.25) is 0 Å². The van der Waals surface area contributed by atoms with E-state index < -0.39 is 0 Å². The van der Waals surface area contributed by atoms with Crippen molar-refractivity contribution in [1.29, 1.82) is 0 Å². The molecule has 1 fully saturated rings. The molecule has 3 nitrogen and oxygen atoms in total. The molecule has 0 spiro atoms. The van der Waals surface area contributed by atoms with Gasteiger partial charge in [0.1, 0.15) is 0 Å². The van der Waals surface area contributed by atoms with Gasteiger partial charge in [-0.1, -0.05) is 18.6 Å². The molecule has 2 N–H and O–H groups in total. The Hall–Kier alpha value is -1.06. The normalized spacial score (nSPS) is 20.9. The summed E-state index contributed by atoms with van der Waals surface area (Å²) >= 11 is 0. The Morgan fingerprint density at radius 3 is 2.95 bits per heavy atom. The number of piperidine rings is 1. The van der Waals surface area contributed by atoms with E-state index in [0.29, 0.717) is 0 Å². The summed E-state index contributed by atoms with van der Waals surface area (Å²) in [6.45, 7) is 3.41. The first-order valence-electron chi connectivity index (χ1n) is 7.38. The summed E-state index contributed by atoms with van der Waals surface area (Å²) in [6.07, 6.45) is 5.40. The number of rotatable bonds is 5. The maximum Gasteiger partial charge on any atom is 0.0317 e. The van der Waals surface area contributed by atoms with Crippen LogP contribution in [0.15, 0.2) is 24.3 Å². The Kier molecular flexibility index (Phi) is 5.23. The van der Waals surface area contributed by atoms with Gasteiger partial charge >= 0.3 is 0 Å². The van der Waals surface area contributed by atoms with Crippen LogP contribution in [-0.2, 0) is 6.54 Å². The number of nitrogens with zero attached hydrogens (tertiary/aromatic N) is 2. The predicted octanol–water partition coefficient (Wildman–Crippen LogP) is 2.58. The zero-order chi connectivity index (χ0) is 13.7. The molecule has 0 saturated carbocycles. The van der Waals surface area contributed by atoms with E-state index in [9.17, 15) is 0 Å². The van der Waals surface area contributed by atoms with E-state index in [2.05, 4.69) is 36.0 Å². The highest BCUT2D eigenvalue weighted by molar-refractivity contribution is 5.40. The van der Waals surface area contributed by atoms with Gasteiger partial charge < -0.3 is 15.5 Å². The minimum atomic E-state index is 0.775. The molecule has 19 heavy (non-hydrogen) atoms. The van der Waals surface area contributed by atoms with Crippen LogP contribution in [0.4, 0.5) is 5.69 Å². The number of benzene rings is 1. The molecule has 1 saturated heterocycles. The zero-order valence-corrected chi connectivity index (χ0v) is 12.3. The van der Waals surface area contributed by atoms with E-state index >= 15 is 0 Å². The van der Waals surface area contributed by atoms with Gasteiger partial charge in [0.25, 0.3) is 0 Å². The van der Waals surface area contributed by atoms with Gasteiger partial charge in [-0.25, -0.2) is 0 Å². The second-order valence-electron chi connectivity index (χ2n) is 5.90. The van der Waals surface area contributed by atoms with Crippen molar-refractivity contribution in [2.75, 3.05) is 32.9 Å². The number of hydrogen-bond acceptors (Lipinski definition) is 3. The molecule has 1 atom stereocenters. The number of nitrogen functional groups attached to an aromatic ring is 1. The fraction of sp³-hybridized carbons (Fsp3) is 0.625. The van der Waals surface area contributed by atoms with Gasteiger partial charge in [0.2, 0.25) is 0 Å². The van der Waals surface area contributed by atoms with Gasteiger partial charge in [-0.05, 0) is 64.1 Å². The summed E-state index contributed by atoms with van der Waals surface area (Å²) in [5.41, 5.74) is 7.98. The van der Waals surface area contributed by atoms with Gasteiger partial charge in [-0.2, -0.15) is 0 Å². The van der Waals surface area contributed by atoms with Crippen LogP contribution in [-0.4, -0.2) is 43.0 Å². The van der Waals surface area contributed by atoms with Crippen LogP contribution in [0.2, 0.25) is 0 Å². The molecule has 1 unspecified atom stereocenters. The summed E-state index contributed by atoms with van der Waals surface area (Å²) in [4.78, 5) is 4.93. The molecule has 0 bridgehead atoms. The average molecular weight is 261 g/mol. The van der Waals surface area contributed by atoms with Crippen LogP contribution in [0, 0.1) is 0 Å². The highest BCUT2D eigenvalue weighted by atomic mass is 15.1. The third-order valence-electron chi connectivity index (χ3n) is 4.17. The van der Waals surface area contributed by atoms with Crippen molar-refractivity contribution in [3.8, 4) is 0 Å². The lowest BCUT2D eigenvalue weighted by Crippen LogP contribution is -2.38. The first kappa shape index (κ1) is 14.4. The van der Waals surface area contributed by atoms with Gasteiger partial charge in [0.05, 0.1) is 0 Å². The SMILES string of the molecule is CN(CCC1CCCCN1C)Cc1cccc(N)c1. The monoisotopic (exact) mass is 261 g/mol. The fourth-order valence-corrected chi connectivity index (χ4v) is 2.96. The topological polar surface area (TPSA) is 32.5 Å². The van der Waals surface area contributed by atoms with Crippen molar-refractivity contribution in [2.45, 2.75) is 38.3 Å². The van der Waals surface area contributed by atoms with E-state index in [4.69, 9.17) is 5.73 Å². The third kappa shape index (κ3) is 4.51. The van der Waals surface area contributed by atoms with Crippen LogP contribution in [0.5, 0.6) is 0 Å². The Bertz CT molecular complexity index is 391. The molecular formula is C16H27N3. The zero-order valence-electron chi connectivity index (χ0n) is 12.3. The molecule has 3 heteroatoms. The van der Waals surface area contributed by atoms with E-state index in [0.717, 1.165) is 24.8 Å². The molecule has 2 rings (SSSR count). The molecule has 1 aromatic carbocycles. The molecular weight excluding hydrogens is 234 g/mol. The molecule has 0 radical (unpaired) electrons. The van der Waals surface area contributed by atoms with E-state index in [1.165, 1.54) is 37.8 Å². The van der Waals surface area contributed by atoms with Crippen molar-refractivity contribution in [3.05, 3.63) is 29.8 Å². The van der Waals surface area contributed by atoms with Crippen LogP contribution in [0.25, 0.3) is 0 Å². The molecule has 1 aliphatic heterocycles. The molecule has 1 aromatic rings. The second-order valence-corrected chi connectivity index (χ2v) is 5.90. The first-order valence-corrected chi connectivity index (χ1v) is 7.38. The summed E-state index contributed by atoms with van der Waals surface area (Å²) in [6, 6.07) is 8.98. The van der Waals surface area contributed by atoms with Crippen LogP contribution in [0.3, 0.4) is 0 Å². The van der Waals surface area contributed by atoms with E-state index in [1.54, 1.807) is 0 Å². The highest BCUT2D eigenvalue weighted by Crippen LogP contribution is 2.18. The summed E-state index contributed by atoms with van der Waals surface area (Å²) < 4.78 is 0. The summed E-state index contributed by atoms with van der Waals surface area (Å²) in [7, 11) is 4.47. The smallest absolute Gasteiger partial charge is 0.0317 e. The van der Waals surface area contributed by atoms with Crippen molar-refractivity contribution >= 4 is 5.69 Å². The molecule has 106 valence electrons. The fourth-order valence-electron chi connectivity index (χ4n) is 2.96. The number of anilines is 1. The second kappa shape index (κ2) is 6.92. The third-order valence-corrected chi connectivity index (χ3v) is 4.17. The number of hydrogen-bond donors (Lipinski definition) is 1. The minimum Gasteiger partial charge on any atom is -0.399 e. The lowest BCUT2D eigenvalue weighted by atomic mass is 10.00. The lowest BCUT2D eigenvalue weighted by molar-refractivity contribution is 0.159. The Balaban J connectivity index is 1.76. The average Bonchev–Trinajstić information content (AvgIpc) is 2.38. The van der Waals surface area contributed by atoms with Crippen molar-refractivity contribution in [1.82, 2.24) is 9.80 Å². The summed E-state index contributed by atoms with van der Waals surface area (Å²) in [5, 5.41) is 0. The maximum atomic E-state index is 5.82. The summed E-state index contributed by atoms with van der Waals surface area (Å²) in [5.74, 6) is 0. The standard InChI is InChI=1S/C16H27N3/c1-18(13-14-6-5-7-15(17)12-14)11-9-16-8-3-4-10-19(16)2/h5-7,12,16H,3-4,8-11,13,17H2,1-2H3. The molecule has 0 aromatic heterocycles. The largest absolute Gasteiger partial charge is 0.399 e. The number of likely N-dealkylation sites (tertiary alicyclic amines) is 1. The van der Waals surface area contributed by atoms with Gasteiger partial charge in [0.15, 0.2) is 0 Å². The van der Waals surface area contributed by atoms with Crippen molar-refractivity contribution in [3.63, 3.8) is 0 Å². The first-order chi connectivity index (χ1) is 9.15. The van der Waals surface area contributed by atoms with E-state index in [1.807, 2.05) is 12.1 Å². The maximum absolute atomic E-state index is 5.82.